The first-order chi connectivity index (χ1) is 7.92. The lowest BCUT2D eigenvalue weighted by Crippen LogP contribution is -2.22. The van der Waals surface area contributed by atoms with E-state index in [2.05, 4.69) is 24.6 Å². The molecule has 0 N–H and O–H groups in total. The van der Waals surface area contributed by atoms with Crippen LogP contribution in [0.1, 0.15) is 12.0 Å². The Labute approximate surface area is 109 Å². The number of ether oxygens (including phenoxy) is 2. The number of halogens is 1. The van der Waals surface area contributed by atoms with Crippen molar-refractivity contribution in [3.63, 3.8) is 0 Å². The highest BCUT2D eigenvalue weighted by Gasteiger charge is 2.16. The molecule has 0 bridgehead atoms. The smallest absolute Gasteiger partial charge is 0.200 e. The van der Waals surface area contributed by atoms with Gasteiger partial charge < -0.3 is 9.47 Å². The summed E-state index contributed by atoms with van der Waals surface area (Å²) in [6.07, 6.45) is -0.426. The fourth-order valence-corrected chi connectivity index (χ4v) is 2.20. The van der Waals surface area contributed by atoms with Crippen molar-refractivity contribution >= 4 is 19.7 Å². The second-order valence-electron chi connectivity index (χ2n) is 5.13. The Bertz CT molecular complexity index is 355. The van der Waals surface area contributed by atoms with E-state index < -0.39 is 14.4 Å². The number of methoxy groups -OCH3 is 1. The molecule has 0 spiro atoms. The van der Waals surface area contributed by atoms with Crippen LogP contribution in [-0.2, 0) is 9.47 Å². The lowest BCUT2D eigenvalue weighted by molar-refractivity contribution is -0.126. The summed E-state index contributed by atoms with van der Waals surface area (Å²) in [6.45, 7) is 7.64. The molecule has 0 aromatic carbocycles. The Morgan fingerprint density at radius 1 is 1.35 bits per heavy atom. The summed E-state index contributed by atoms with van der Waals surface area (Å²) >= 11 is 5.84. The van der Waals surface area contributed by atoms with Gasteiger partial charge in [0.05, 0.1) is 5.69 Å². The molecule has 0 radical (unpaired) electrons. The number of aromatic nitrogens is 1. The molecule has 0 aliphatic rings. The average molecular weight is 274 g/mol. The third kappa shape index (κ3) is 5.63. The van der Waals surface area contributed by atoms with E-state index in [1.54, 1.807) is 13.2 Å². The molecule has 1 atom stereocenters. The molecule has 1 aromatic rings. The second kappa shape index (κ2) is 6.49. The van der Waals surface area contributed by atoms with Crippen molar-refractivity contribution in [1.82, 2.24) is 4.98 Å². The van der Waals surface area contributed by atoms with Crippen LogP contribution >= 0.6 is 11.6 Å². The minimum Gasteiger partial charge on any atom is -0.350 e. The van der Waals surface area contributed by atoms with Gasteiger partial charge in [0.15, 0.2) is 0 Å². The number of rotatable bonds is 6. The molecule has 0 amide bonds. The minimum absolute atomic E-state index is 0.426. The lowest BCUT2D eigenvalue weighted by Gasteiger charge is -2.19. The van der Waals surface area contributed by atoms with Crippen LogP contribution in [0.15, 0.2) is 18.2 Å². The Morgan fingerprint density at radius 2 is 2.06 bits per heavy atom. The number of hydrogen-bond acceptors (Lipinski definition) is 3. The van der Waals surface area contributed by atoms with E-state index in [9.17, 15) is 0 Å². The summed E-state index contributed by atoms with van der Waals surface area (Å²) in [4.78, 5) is 4.19. The monoisotopic (exact) mass is 273 g/mol. The van der Waals surface area contributed by atoms with E-state index in [0.717, 1.165) is 11.7 Å². The molecule has 1 rings (SSSR count). The van der Waals surface area contributed by atoms with Gasteiger partial charge in [-0.25, -0.2) is 4.98 Å². The van der Waals surface area contributed by atoms with Gasteiger partial charge in [0.25, 0.3) is 0 Å². The van der Waals surface area contributed by atoms with Crippen molar-refractivity contribution in [2.45, 2.75) is 32.0 Å². The van der Waals surface area contributed by atoms with Crippen molar-refractivity contribution in [2.24, 2.45) is 0 Å². The Kier molecular flexibility index (Phi) is 5.59. The molecule has 3 nitrogen and oxygen atoms in total. The molecule has 5 heteroatoms. The molecule has 0 saturated heterocycles. The van der Waals surface area contributed by atoms with Crippen molar-refractivity contribution in [3.05, 3.63) is 29.0 Å². The van der Waals surface area contributed by atoms with Crippen LogP contribution in [0.4, 0.5) is 0 Å². The summed E-state index contributed by atoms with van der Waals surface area (Å²) < 4.78 is 11.0. The van der Waals surface area contributed by atoms with E-state index in [-0.39, 0.29) is 0 Å². The summed E-state index contributed by atoms with van der Waals surface area (Å²) in [6, 6.07) is 6.54. The topological polar surface area (TPSA) is 31.4 Å². The molecule has 96 valence electrons. The first-order valence-corrected chi connectivity index (χ1v) is 9.78. The van der Waals surface area contributed by atoms with Crippen LogP contribution < -0.4 is 0 Å². The van der Waals surface area contributed by atoms with Gasteiger partial charge in [-0.05, 0) is 18.2 Å². The molecule has 1 heterocycles. The minimum atomic E-state index is -1.08. The maximum Gasteiger partial charge on any atom is 0.200 e. The maximum absolute atomic E-state index is 5.84. The Morgan fingerprint density at radius 3 is 2.59 bits per heavy atom. The van der Waals surface area contributed by atoms with Crippen molar-refractivity contribution in [2.75, 3.05) is 13.7 Å². The van der Waals surface area contributed by atoms with Crippen LogP contribution in [0.5, 0.6) is 0 Å². The molecular formula is C12H20ClNO2Si. The van der Waals surface area contributed by atoms with Crippen molar-refractivity contribution in [3.8, 4) is 0 Å². The fraction of sp³-hybridized carbons (Fsp3) is 0.583. The van der Waals surface area contributed by atoms with E-state index in [1.165, 1.54) is 0 Å². The van der Waals surface area contributed by atoms with Crippen LogP contribution in [0.25, 0.3) is 0 Å². The van der Waals surface area contributed by atoms with Gasteiger partial charge >= 0.3 is 0 Å². The van der Waals surface area contributed by atoms with Crippen LogP contribution in [0.2, 0.25) is 30.8 Å². The van der Waals surface area contributed by atoms with Gasteiger partial charge in [-0.3, -0.25) is 0 Å². The third-order valence-electron chi connectivity index (χ3n) is 2.31. The van der Waals surface area contributed by atoms with E-state index in [4.69, 9.17) is 21.1 Å². The van der Waals surface area contributed by atoms with E-state index in [0.29, 0.717) is 11.8 Å². The van der Waals surface area contributed by atoms with Gasteiger partial charge in [-0.2, -0.15) is 0 Å². The predicted octanol–water partition coefficient (Wildman–Crippen LogP) is 3.73. The largest absolute Gasteiger partial charge is 0.350 e. The zero-order valence-electron chi connectivity index (χ0n) is 10.9. The normalized spacial score (nSPS) is 13.7. The lowest BCUT2D eigenvalue weighted by atomic mass is 10.3. The highest BCUT2D eigenvalue weighted by Crippen LogP contribution is 2.19. The predicted molar refractivity (Wildman–Crippen MR) is 73.1 cm³/mol. The van der Waals surface area contributed by atoms with E-state index in [1.807, 2.05) is 12.1 Å². The second-order valence-corrected chi connectivity index (χ2v) is 11.1. The van der Waals surface area contributed by atoms with E-state index >= 15 is 0 Å². The molecule has 0 aliphatic carbocycles. The van der Waals surface area contributed by atoms with Gasteiger partial charge in [0, 0.05) is 21.8 Å². The number of pyridine rings is 1. The first kappa shape index (κ1) is 14.6. The molecule has 0 aliphatic heterocycles. The highest BCUT2D eigenvalue weighted by molar-refractivity contribution is 6.76. The maximum atomic E-state index is 5.84. The molecule has 1 unspecified atom stereocenters. The summed E-state index contributed by atoms with van der Waals surface area (Å²) in [5.74, 6) is 0. The zero-order chi connectivity index (χ0) is 12.9. The average Bonchev–Trinajstić information content (AvgIpc) is 2.23. The quantitative estimate of drug-likeness (QED) is 0.450. The van der Waals surface area contributed by atoms with Crippen LogP contribution in [0, 0.1) is 0 Å². The van der Waals surface area contributed by atoms with Gasteiger partial charge in [-0.15, -0.1) is 0 Å². The zero-order valence-corrected chi connectivity index (χ0v) is 12.6. The standard InChI is InChI=1S/C12H20ClNO2Si/c1-15-12(16-8-9-17(2,3)4)10-6-5-7-11(13)14-10/h5-7,12H,8-9H2,1-4H3. The molecule has 17 heavy (non-hydrogen) atoms. The van der Waals surface area contributed by atoms with Gasteiger partial charge in [0.1, 0.15) is 5.15 Å². The fourth-order valence-electron chi connectivity index (χ4n) is 1.30. The van der Waals surface area contributed by atoms with Crippen molar-refractivity contribution < 1.29 is 9.47 Å². The summed E-state index contributed by atoms with van der Waals surface area (Å²) in [7, 11) is 0.537. The van der Waals surface area contributed by atoms with Crippen molar-refractivity contribution in [1.29, 1.82) is 0 Å². The number of hydrogen-bond donors (Lipinski definition) is 0. The molecular weight excluding hydrogens is 254 g/mol. The van der Waals surface area contributed by atoms with Gasteiger partial charge in [0.2, 0.25) is 6.29 Å². The third-order valence-corrected chi connectivity index (χ3v) is 4.23. The van der Waals surface area contributed by atoms with Crippen LogP contribution in [0.3, 0.4) is 0 Å². The molecule has 0 fully saturated rings. The summed E-state index contributed by atoms with van der Waals surface area (Å²) in [5.41, 5.74) is 0.718. The number of nitrogens with zero attached hydrogens (tertiary/aromatic N) is 1. The van der Waals surface area contributed by atoms with Gasteiger partial charge in [-0.1, -0.05) is 37.3 Å². The summed E-state index contributed by atoms with van der Waals surface area (Å²) in [5, 5.41) is 0.457. The Balaban J connectivity index is 2.54. The SMILES string of the molecule is COC(OCC[Si](C)(C)C)c1cccc(Cl)n1. The van der Waals surface area contributed by atoms with Crippen LogP contribution in [-0.4, -0.2) is 26.8 Å². The highest BCUT2D eigenvalue weighted by atomic mass is 35.5. The molecule has 0 saturated carbocycles. The Hall–Kier alpha value is -0.423. The molecule has 1 aromatic heterocycles. The first-order valence-electron chi connectivity index (χ1n) is 5.69.